The van der Waals surface area contributed by atoms with E-state index in [2.05, 4.69) is 58.9 Å². The number of hydrogen-bond donors (Lipinski definition) is 2. The highest BCUT2D eigenvalue weighted by molar-refractivity contribution is 5.79. The Labute approximate surface area is 173 Å². The average molecular weight is 401 g/mol. The number of nitrogens with zero attached hydrogens (tertiary/aromatic N) is 2. The Morgan fingerprint density at radius 1 is 0.897 bits per heavy atom. The van der Waals surface area contributed by atoms with E-state index in [9.17, 15) is 0 Å². The molecule has 29 heavy (non-hydrogen) atoms. The smallest absolute Gasteiger partial charge is 0.203 e. The molecule has 7 heteroatoms. The molecule has 0 heterocycles. The Balaban J connectivity index is 2.03. The maximum atomic E-state index is 5.42. The first kappa shape index (κ1) is 22.4. The second-order valence-electron chi connectivity index (χ2n) is 6.82. The number of benzene rings is 2. The Bertz CT molecular complexity index is 796. The van der Waals surface area contributed by atoms with Crippen LogP contribution in [0.5, 0.6) is 17.2 Å². The van der Waals surface area contributed by atoms with Gasteiger partial charge in [-0.1, -0.05) is 24.3 Å². The van der Waals surface area contributed by atoms with E-state index < -0.39 is 0 Å². The molecule has 2 aromatic carbocycles. The summed E-state index contributed by atoms with van der Waals surface area (Å²) in [6, 6.07) is 12.3. The summed E-state index contributed by atoms with van der Waals surface area (Å²) in [6.45, 7) is 2.16. The SMILES string of the molecule is CN=C(NCc1cc(OC)c(OC)c(OC)c1)NCc1ccccc1CN(C)C. The second-order valence-corrected chi connectivity index (χ2v) is 6.82. The molecular formula is C22H32N4O3. The molecular weight excluding hydrogens is 368 g/mol. The van der Waals surface area contributed by atoms with Crippen LogP contribution in [-0.2, 0) is 19.6 Å². The van der Waals surface area contributed by atoms with E-state index >= 15 is 0 Å². The van der Waals surface area contributed by atoms with Crippen LogP contribution >= 0.6 is 0 Å². The second kappa shape index (κ2) is 11.2. The van der Waals surface area contributed by atoms with Crippen molar-refractivity contribution in [1.29, 1.82) is 0 Å². The van der Waals surface area contributed by atoms with Gasteiger partial charge >= 0.3 is 0 Å². The molecule has 2 aromatic rings. The van der Waals surface area contributed by atoms with Crippen LogP contribution in [0.25, 0.3) is 0 Å². The van der Waals surface area contributed by atoms with Crippen molar-refractivity contribution >= 4 is 5.96 Å². The average Bonchev–Trinajstić information content (AvgIpc) is 2.73. The summed E-state index contributed by atoms with van der Waals surface area (Å²) in [5.41, 5.74) is 3.54. The standard InChI is InChI=1S/C22H32N4O3/c1-23-22(25-14-17-9-7-8-10-18(17)15-26(2)3)24-13-16-11-19(27-4)21(29-6)20(12-16)28-5/h7-12H,13-15H2,1-6H3,(H2,23,24,25). The van der Waals surface area contributed by atoms with E-state index in [0.29, 0.717) is 30.3 Å². The van der Waals surface area contributed by atoms with E-state index in [4.69, 9.17) is 14.2 Å². The molecule has 0 amide bonds. The quantitative estimate of drug-likeness (QED) is 0.498. The summed E-state index contributed by atoms with van der Waals surface area (Å²) >= 11 is 0. The van der Waals surface area contributed by atoms with Crippen LogP contribution in [0.3, 0.4) is 0 Å². The van der Waals surface area contributed by atoms with Crippen molar-refractivity contribution in [1.82, 2.24) is 15.5 Å². The van der Waals surface area contributed by atoms with Gasteiger partial charge in [0.15, 0.2) is 17.5 Å². The predicted octanol–water partition coefficient (Wildman–Crippen LogP) is 2.64. The van der Waals surface area contributed by atoms with Gasteiger partial charge < -0.3 is 29.7 Å². The molecule has 0 spiro atoms. The van der Waals surface area contributed by atoms with Crippen LogP contribution in [-0.4, -0.2) is 53.3 Å². The summed E-state index contributed by atoms with van der Waals surface area (Å²) < 4.78 is 16.2. The van der Waals surface area contributed by atoms with Gasteiger partial charge in [0.25, 0.3) is 0 Å². The van der Waals surface area contributed by atoms with Gasteiger partial charge in [-0.15, -0.1) is 0 Å². The number of aliphatic imine (C=N–C) groups is 1. The van der Waals surface area contributed by atoms with Gasteiger partial charge in [-0.3, -0.25) is 4.99 Å². The van der Waals surface area contributed by atoms with Crippen LogP contribution in [0.2, 0.25) is 0 Å². The fourth-order valence-corrected chi connectivity index (χ4v) is 3.05. The highest BCUT2D eigenvalue weighted by atomic mass is 16.5. The molecule has 0 aliphatic carbocycles. The Morgan fingerprint density at radius 2 is 1.48 bits per heavy atom. The number of guanidine groups is 1. The zero-order chi connectivity index (χ0) is 21.2. The molecule has 0 bridgehead atoms. The van der Waals surface area contributed by atoms with Gasteiger partial charge in [0, 0.05) is 26.7 Å². The lowest BCUT2D eigenvalue weighted by Crippen LogP contribution is -2.36. The van der Waals surface area contributed by atoms with Gasteiger partial charge in [-0.05, 0) is 42.9 Å². The molecule has 7 nitrogen and oxygen atoms in total. The third-order valence-electron chi connectivity index (χ3n) is 4.46. The Hall–Kier alpha value is -2.93. The van der Waals surface area contributed by atoms with E-state index in [1.165, 1.54) is 11.1 Å². The monoisotopic (exact) mass is 400 g/mol. The first-order valence-corrected chi connectivity index (χ1v) is 9.47. The lowest BCUT2D eigenvalue weighted by Gasteiger charge is -2.17. The predicted molar refractivity (Wildman–Crippen MR) is 117 cm³/mol. The summed E-state index contributed by atoms with van der Waals surface area (Å²) in [6.07, 6.45) is 0. The fourth-order valence-electron chi connectivity index (χ4n) is 3.05. The number of nitrogens with one attached hydrogen (secondary N) is 2. The van der Waals surface area contributed by atoms with E-state index in [-0.39, 0.29) is 0 Å². The van der Waals surface area contributed by atoms with Crippen LogP contribution in [0, 0.1) is 0 Å². The molecule has 158 valence electrons. The van der Waals surface area contributed by atoms with Gasteiger partial charge in [-0.2, -0.15) is 0 Å². The highest BCUT2D eigenvalue weighted by Crippen LogP contribution is 2.38. The van der Waals surface area contributed by atoms with Crippen LogP contribution in [0.4, 0.5) is 0 Å². The van der Waals surface area contributed by atoms with Crippen molar-refractivity contribution in [3.63, 3.8) is 0 Å². The van der Waals surface area contributed by atoms with E-state index in [1.807, 2.05) is 12.1 Å². The molecule has 0 fully saturated rings. The fraction of sp³-hybridized carbons (Fsp3) is 0.409. The first-order valence-electron chi connectivity index (χ1n) is 9.47. The minimum absolute atomic E-state index is 0.565. The Kier molecular flexibility index (Phi) is 8.61. The highest BCUT2D eigenvalue weighted by Gasteiger charge is 2.13. The largest absolute Gasteiger partial charge is 0.493 e. The van der Waals surface area contributed by atoms with Crippen LogP contribution < -0.4 is 24.8 Å². The number of ether oxygens (including phenoxy) is 3. The van der Waals surface area contributed by atoms with Gasteiger partial charge in [0.1, 0.15) is 0 Å². The molecule has 0 aliphatic rings. The molecule has 0 saturated heterocycles. The lowest BCUT2D eigenvalue weighted by molar-refractivity contribution is 0.323. The first-order chi connectivity index (χ1) is 14.0. The normalized spacial score (nSPS) is 11.3. The number of hydrogen-bond acceptors (Lipinski definition) is 5. The Morgan fingerprint density at radius 3 is 2.00 bits per heavy atom. The molecule has 0 aliphatic heterocycles. The summed E-state index contributed by atoms with van der Waals surface area (Å²) in [5.74, 6) is 2.56. The molecule has 0 saturated carbocycles. The van der Waals surface area contributed by atoms with Crippen LogP contribution in [0.15, 0.2) is 41.4 Å². The van der Waals surface area contributed by atoms with E-state index in [0.717, 1.165) is 18.1 Å². The third-order valence-corrected chi connectivity index (χ3v) is 4.46. The summed E-state index contributed by atoms with van der Waals surface area (Å²) in [5, 5.41) is 6.72. The lowest BCUT2D eigenvalue weighted by atomic mass is 10.1. The minimum Gasteiger partial charge on any atom is -0.493 e. The molecule has 0 unspecified atom stereocenters. The minimum atomic E-state index is 0.565. The molecule has 2 N–H and O–H groups in total. The molecule has 0 atom stereocenters. The molecule has 0 aromatic heterocycles. The van der Waals surface area contributed by atoms with Gasteiger partial charge in [0.05, 0.1) is 21.3 Å². The van der Waals surface area contributed by atoms with Crippen molar-refractivity contribution in [2.75, 3.05) is 42.5 Å². The van der Waals surface area contributed by atoms with Crippen molar-refractivity contribution in [3.05, 3.63) is 53.1 Å². The zero-order valence-electron chi connectivity index (χ0n) is 18.2. The number of rotatable bonds is 9. The summed E-state index contributed by atoms with van der Waals surface area (Å²) in [4.78, 5) is 6.49. The van der Waals surface area contributed by atoms with Gasteiger partial charge in [0.2, 0.25) is 5.75 Å². The summed E-state index contributed by atoms with van der Waals surface area (Å²) in [7, 11) is 10.7. The van der Waals surface area contributed by atoms with Gasteiger partial charge in [-0.25, -0.2) is 0 Å². The number of methoxy groups -OCH3 is 3. The van der Waals surface area contributed by atoms with Crippen molar-refractivity contribution < 1.29 is 14.2 Å². The zero-order valence-corrected chi connectivity index (χ0v) is 18.2. The van der Waals surface area contributed by atoms with Crippen molar-refractivity contribution in [2.45, 2.75) is 19.6 Å². The van der Waals surface area contributed by atoms with E-state index in [1.54, 1.807) is 28.4 Å². The maximum Gasteiger partial charge on any atom is 0.203 e. The maximum absolute atomic E-state index is 5.42. The molecule has 0 radical (unpaired) electrons. The van der Waals surface area contributed by atoms with Crippen molar-refractivity contribution in [2.24, 2.45) is 4.99 Å². The van der Waals surface area contributed by atoms with Crippen molar-refractivity contribution in [3.8, 4) is 17.2 Å². The topological polar surface area (TPSA) is 67.4 Å². The molecule has 2 rings (SSSR count). The third kappa shape index (κ3) is 6.29. The van der Waals surface area contributed by atoms with Crippen LogP contribution in [0.1, 0.15) is 16.7 Å².